The first-order valence-corrected chi connectivity index (χ1v) is 12.7. The first-order chi connectivity index (χ1) is 18.1. The van der Waals surface area contributed by atoms with Gasteiger partial charge in [0.1, 0.15) is 22.9 Å². The van der Waals surface area contributed by atoms with Gasteiger partial charge < -0.3 is 19.8 Å². The van der Waals surface area contributed by atoms with Gasteiger partial charge >= 0.3 is 12.1 Å². The number of esters is 1. The van der Waals surface area contributed by atoms with Gasteiger partial charge in [0.15, 0.2) is 5.69 Å². The van der Waals surface area contributed by atoms with E-state index in [9.17, 15) is 14.4 Å². The highest BCUT2D eigenvalue weighted by atomic mass is 16.6. The van der Waals surface area contributed by atoms with Crippen LogP contribution in [-0.2, 0) is 9.47 Å². The van der Waals surface area contributed by atoms with Crippen molar-refractivity contribution in [3.8, 4) is 11.3 Å². The van der Waals surface area contributed by atoms with Gasteiger partial charge in [-0.25, -0.2) is 19.6 Å². The predicted octanol–water partition coefficient (Wildman–Crippen LogP) is 5.28. The fourth-order valence-corrected chi connectivity index (χ4v) is 4.27. The summed E-state index contributed by atoms with van der Waals surface area (Å²) >= 11 is 0. The molecule has 1 aromatic carbocycles. The summed E-state index contributed by atoms with van der Waals surface area (Å²) in [6.45, 7) is 9.84. The second kappa shape index (κ2) is 11.0. The van der Waals surface area contributed by atoms with Crippen LogP contribution in [0.4, 0.5) is 10.6 Å². The summed E-state index contributed by atoms with van der Waals surface area (Å²) in [6, 6.07) is 10.0. The average Bonchev–Trinajstić information content (AvgIpc) is 3.51. The predicted molar refractivity (Wildman–Crippen MR) is 142 cm³/mol. The largest absolute Gasteiger partial charge is 0.461 e. The summed E-state index contributed by atoms with van der Waals surface area (Å²) < 4.78 is 10.8. The zero-order valence-corrected chi connectivity index (χ0v) is 22.3. The van der Waals surface area contributed by atoms with Crippen molar-refractivity contribution in [3.05, 3.63) is 65.2 Å². The molecule has 2 N–H and O–H groups in total. The Bertz CT molecular complexity index is 1330. The van der Waals surface area contributed by atoms with Crippen LogP contribution in [0.25, 0.3) is 11.3 Å². The van der Waals surface area contributed by atoms with Gasteiger partial charge in [-0.2, -0.15) is 0 Å². The van der Waals surface area contributed by atoms with Gasteiger partial charge in [-0.15, -0.1) is 0 Å². The van der Waals surface area contributed by atoms with E-state index in [4.69, 9.17) is 14.5 Å². The number of benzene rings is 1. The second-order valence-electron chi connectivity index (χ2n) is 10.1. The molecular weight excluding hydrogens is 486 g/mol. The summed E-state index contributed by atoms with van der Waals surface area (Å²) in [4.78, 5) is 52.0. The number of carbonyl (C=O) groups is 3. The number of nitrogens with one attached hydrogen (secondary N) is 2. The maximum absolute atomic E-state index is 12.8. The number of nitrogens with zero attached hydrogens (tertiary/aromatic N) is 3. The molecule has 1 aliphatic rings. The number of H-pyrrole nitrogens is 1. The standard InChI is InChI=1S/C28H33N5O5/c1-6-37-26(35)23-22(31-24(32-23)20-8-7-15-33(20)27(36)38-28(3,4)5)18-9-11-19(12-10-18)25(34)30-21-16-17(2)13-14-29-21/h9-14,16,20H,6-8,15H2,1-5H3,(H,31,32)(H,29,30,34). The third-order valence-electron chi connectivity index (χ3n) is 5.98. The summed E-state index contributed by atoms with van der Waals surface area (Å²) in [7, 11) is 0. The molecular formula is C28H33N5O5. The number of hydrogen-bond donors (Lipinski definition) is 2. The average molecular weight is 520 g/mol. The molecule has 0 saturated carbocycles. The number of aryl methyl sites for hydroxylation is 1. The van der Waals surface area contributed by atoms with Crippen molar-refractivity contribution in [1.82, 2.24) is 19.9 Å². The number of hydrogen-bond acceptors (Lipinski definition) is 7. The van der Waals surface area contributed by atoms with Gasteiger partial charge in [-0.1, -0.05) is 12.1 Å². The lowest BCUT2D eigenvalue weighted by Gasteiger charge is -2.27. The molecule has 0 spiro atoms. The quantitative estimate of drug-likeness (QED) is 0.424. The minimum atomic E-state index is -0.627. The minimum absolute atomic E-state index is 0.194. The van der Waals surface area contributed by atoms with Gasteiger partial charge in [0.25, 0.3) is 5.91 Å². The number of likely N-dealkylation sites (tertiary alicyclic amines) is 1. The number of pyridine rings is 1. The number of ether oxygens (including phenoxy) is 2. The molecule has 38 heavy (non-hydrogen) atoms. The van der Waals surface area contributed by atoms with Crippen molar-refractivity contribution >= 4 is 23.8 Å². The molecule has 1 atom stereocenters. The molecule has 1 fully saturated rings. The van der Waals surface area contributed by atoms with E-state index in [-0.39, 0.29) is 24.2 Å². The molecule has 10 heteroatoms. The van der Waals surface area contributed by atoms with Crippen molar-refractivity contribution in [3.63, 3.8) is 0 Å². The molecule has 0 bridgehead atoms. The van der Waals surface area contributed by atoms with Crippen LogP contribution in [0, 0.1) is 6.92 Å². The summed E-state index contributed by atoms with van der Waals surface area (Å²) in [5.41, 5.74) is 2.00. The molecule has 4 rings (SSSR count). The maximum atomic E-state index is 12.8. The van der Waals surface area contributed by atoms with Crippen LogP contribution in [0.2, 0.25) is 0 Å². The molecule has 1 unspecified atom stereocenters. The topological polar surface area (TPSA) is 127 Å². The van der Waals surface area contributed by atoms with Crippen LogP contribution in [0.1, 0.15) is 78.8 Å². The van der Waals surface area contributed by atoms with Crippen LogP contribution in [-0.4, -0.2) is 56.6 Å². The number of aromatic amines is 1. The Morgan fingerprint density at radius 3 is 2.55 bits per heavy atom. The smallest absolute Gasteiger partial charge is 0.410 e. The molecule has 0 aliphatic carbocycles. The van der Waals surface area contributed by atoms with Crippen molar-refractivity contribution in [1.29, 1.82) is 0 Å². The van der Waals surface area contributed by atoms with Crippen molar-refractivity contribution in [2.24, 2.45) is 0 Å². The van der Waals surface area contributed by atoms with Crippen molar-refractivity contribution < 1.29 is 23.9 Å². The van der Waals surface area contributed by atoms with Crippen molar-refractivity contribution in [2.45, 2.75) is 59.1 Å². The van der Waals surface area contributed by atoms with Crippen LogP contribution in [0.15, 0.2) is 42.6 Å². The van der Waals surface area contributed by atoms with E-state index in [1.54, 1.807) is 48.4 Å². The lowest BCUT2D eigenvalue weighted by atomic mass is 10.1. The molecule has 1 aliphatic heterocycles. The van der Waals surface area contributed by atoms with Gasteiger partial charge in [0.05, 0.1) is 12.6 Å². The van der Waals surface area contributed by atoms with Crippen LogP contribution in [0.5, 0.6) is 0 Å². The van der Waals surface area contributed by atoms with E-state index in [0.717, 1.165) is 12.0 Å². The molecule has 200 valence electrons. The molecule has 10 nitrogen and oxygen atoms in total. The van der Waals surface area contributed by atoms with Crippen LogP contribution >= 0.6 is 0 Å². The second-order valence-corrected chi connectivity index (χ2v) is 10.1. The van der Waals surface area contributed by atoms with Crippen molar-refractivity contribution in [2.75, 3.05) is 18.5 Å². The third kappa shape index (κ3) is 6.19. The SMILES string of the molecule is CCOC(=O)c1[nH]c(C2CCCN2C(=O)OC(C)(C)C)nc1-c1ccc(C(=O)Nc2cc(C)ccn2)cc1. The number of rotatable bonds is 6. The fourth-order valence-electron chi connectivity index (χ4n) is 4.27. The summed E-state index contributed by atoms with van der Waals surface area (Å²) in [5, 5.41) is 2.78. The highest BCUT2D eigenvalue weighted by Crippen LogP contribution is 2.34. The fraction of sp³-hybridized carbons (Fsp3) is 0.393. The van der Waals surface area contributed by atoms with Crippen LogP contribution in [0.3, 0.4) is 0 Å². The summed E-state index contributed by atoms with van der Waals surface area (Å²) in [6.07, 6.45) is 2.68. The Labute approximate surface area is 221 Å². The first-order valence-electron chi connectivity index (χ1n) is 12.7. The van der Waals surface area contributed by atoms with E-state index in [2.05, 4.69) is 15.3 Å². The number of imidazole rings is 1. The van der Waals surface area contributed by atoms with Gasteiger partial charge in [-0.05, 0) is 77.3 Å². The number of amides is 2. The molecule has 3 aromatic rings. The minimum Gasteiger partial charge on any atom is -0.461 e. The summed E-state index contributed by atoms with van der Waals surface area (Å²) in [5.74, 6) is 0.0998. The number of anilines is 1. The number of aromatic nitrogens is 3. The van der Waals surface area contributed by atoms with Gasteiger partial charge in [-0.3, -0.25) is 9.69 Å². The highest BCUT2D eigenvalue weighted by Gasteiger charge is 2.36. The van der Waals surface area contributed by atoms with Crippen LogP contribution < -0.4 is 5.32 Å². The zero-order valence-electron chi connectivity index (χ0n) is 22.3. The molecule has 0 radical (unpaired) electrons. The monoisotopic (exact) mass is 519 g/mol. The molecule has 2 aromatic heterocycles. The molecule has 1 saturated heterocycles. The van der Waals surface area contributed by atoms with E-state index in [1.807, 2.05) is 33.8 Å². The van der Waals surface area contributed by atoms with Gasteiger partial charge in [0, 0.05) is 23.9 Å². The van der Waals surface area contributed by atoms with E-state index >= 15 is 0 Å². The molecule has 3 heterocycles. The maximum Gasteiger partial charge on any atom is 0.410 e. The number of carbonyl (C=O) groups excluding carboxylic acids is 3. The Morgan fingerprint density at radius 1 is 1.16 bits per heavy atom. The lowest BCUT2D eigenvalue weighted by Crippen LogP contribution is -2.36. The highest BCUT2D eigenvalue weighted by molar-refractivity contribution is 6.04. The van der Waals surface area contributed by atoms with E-state index < -0.39 is 17.7 Å². The normalized spacial score (nSPS) is 15.3. The zero-order chi connectivity index (χ0) is 27.4. The lowest BCUT2D eigenvalue weighted by molar-refractivity contribution is 0.0218. The Balaban J connectivity index is 1.61. The van der Waals surface area contributed by atoms with E-state index in [1.165, 1.54) is 0 Å². The Hall–Kier alpha value is -4.21. The molecule has 2 amide bonds. The third-order valence-corrected chi connectivity index (χ3v) is 5.98. The Kier molecular flexibility index (Phi) is 7.80. The van der Waals surface area contributed by atoms with E-state index in [0.29, 0.717) is 41.4 Å². The van der Waals surface area contributed by atoms with Gasteiger partial charge in [0.2, 0.25) is 0 Å². The Morgan fingerprint density at radius 2 is 1.89 bits per heavy atom. The first kappa shape index (κ1) is 26.8.